The van der Waals surface area contributed by atoms with E-state index in [0.717, 1.165) is 22.0 Å². The SMILES string of the molecule is CCOC(=O)C1=C(C=O)/C2=C3\C[C@H](CO)C(=O)[C@H](C3)c3cc4cc[nH]c4cc3CC[C@@H](CO)COc3c4c(c(CO)c(c32)O1)O[C@H](C(C)(C)O)C4. The van der Waals surface area contributed by atoms with Gasteiger partial charge in [0, 0.05) is 53.6 Å². The lowest BCUT2D eigenvalue weighted by Gasteiger charge is -2.34. The fraction of sp³-hybridized carbons (Fsp3) is 0.462. The van der Waals surface area contributed by atoms with Crippen molar-refractivity contribution < 1.29 is 53.8 Å². The van der Waals surface area contributed by atoms with Gasteiger partial charge in [0.05, 0.1) is 48.7 Å². The van der Waals surface area contributed by atoms with Crippen molar-refractivity contribution in [1.29, 1.82) is 0 Å². The molecule has 4 aliphatic rings. The Labute approximate surface area is 294 Å². The molecule has 270 valence electrons. The molecule has 1 aromatic heterocycles. The maximum absolute atomic E-state index is 14.2. The number of aromatic nitrogens is 1. The van der Waals surface area contributed by atoms with Crippen LogP contribution in [0.4, 0.5) is 0 Å². The highest BCUT2D eigenvalue weighted by atomic mass is 16.6. The lowest BCUT2D eigenvalue weighted by Crippen LogP contribution is -2.39. The Hall–Kier alpha value is -4.49. The van der Waals surface area contributed by atoms with Crippen LogP contribution in [0.15, 0.2) is 41.3 Å². The summed E-state index contributed by atoms with van der Waals surface area (Å²) in [7, 11) is 0. The summed E-state index contributed by atoms with van der Waals surface area (Å²) < 4.78 is 24.5. The Morgan fingerprint density at radius 2 is 1.90 bits per heavy atom. The van der Waals surface area contributed by atoms with Crippen LogP contribution in [0.1, 0.15) is 73.8 Å². The molecule has 0 spiro atoms. The van der Waals surface area contributed by atoms with Crippen LogP contribution in [0.25, 0.3) is 16.5 Å². The molecule has 3 aliphatic heterocycles. The fourth-order valence-electron chi connectivity index (χ4n) is 7.99. The van der Waals surface area contributed by atoms with E-state index in [1.165, 1.54) is 0 Å². The van der Waals surface area contributed by atoms with Crippen LogP contribution in [0.3, 0.4) is 0 Å². The van der Waals surface area contributed by atoms with Crippen LogP contribution in [-0.4, -0.2) is 81.6 Å². The van der Waals surface area contributed by atoms with Crippen LogP contribution in [0, 0.1) is 11.8 Å². The van der Waals surface area contributed by atoms with Crippen LogP contribution in [0.2, 0.25) is 0 Å². The number of hydrogen-bond donors (Lipinski definition) is 5. The zero-order valence-electron chi connectivity index (χ0n) is 28.9. The van der Waals surface area contributed by atoms with Gasteiger partial charge in [-0.15, -0.1) is 0 Å². The molecule has 0 amide bonds. The maximum atomic E-state index is 14.2. The van der Waals surface area contributed by atoms with Gasteiger partial charge in [-0.25, -0.2) is 4.79 Å². The first-order chi connectivity index (χ1) is 24.5. The number of allylic oxidation sites excluding steroid dienone is 3. The molecule has 4 heterocycles. The molecule has 0 radical (unpaired) electrons. The van der Waals surface area contributed by atoms with Crippen molar-refractivity contribution in [3.8, 4) is 17.2 Å². The van der Waals surface area contributed by atoms with E-state index < -0.39 is 42.7 Å². The maximum Gasteiger partial charge on any atom is 0.375 e. The minimum absolute atomic E-state index is 0.00546. The van der Waals surface area contributed by atoms with Crippen LogP contribution in [0.5, 0.6) is 17.2 Å². The van der Waals surface area contributed by atoms with Crippen molar-refractivity contribution in [2.45, 2.75) is 77.1 Å². The summed E-state index contributed by atoms with van der Waals surface area (Å²) in [5.74, 6) is -2.77. The average Bonchev–Trinajstić information content (AvgIpc) is 3.77. The first kappa shape index (κ1) is 34.9. The summed E-state index contributed by atoms with van der Waals surface area (Å²) in [5.41, 5.74) is 3.13. The van der Waals surface area contributed by atoms with E-state index in [1.54, 1.807) is 20.8 Å². The number of benzene rings is 2. The molecule has 0 saturated heterocycles. The number of carbonyl (C=O) groups is 3. The number of Topliss-reactive ketones (excluding diaryl/α,β-unsaturated/α-hetero) is 1. The molecule has 2 bridgehead atoms. The lowest BCUT2D eigenvalue weighted by molar-refractivity contribution is -0.141. The van der Waals surface area contributed by atoms with E-state index in [0.29, 0.717) is 41.4 Å². The van der Waals surface area contributed by atoms with Gasteiger partial charge in [0.25, 0.3) is 0 Å². The van der Waals surface area contributed by atoms with Crippen LogP contribution in [-0.2, 0) is 38.6 Å². The standard InChI is InChI=1S/C39H43NO11/c1-4-48-38(46)37-27(16-43)31-22-9-23(15-42)33(45)25(11-22)24-10-21-7-8-40-29(21)12-20(24)6-5-19(14-41)18-49-35-26-13-30(39(2,3)47)50-34(26)28(17-44)36(51-37)32(31)35/h7-8,10,12,16,19,23,25,30,40-42,44,47H,4-6,9,11,13-15,17-18H2,1-3H3/b31-22-/t19-,23+,25+,30-/m0/s1. The van der Waals surface area contributed by atoms with E-state index >= 15 is 0 Å². The van der Waals surface area contributed by atoms with Gasteiger partial charge in [-0.2, -0.15) is 0 Å². The molecule has 5 N–H and O–H groups in total. The number of esters is 1. The second kappa shape index (κ2) is 13.6. The predicted molar refractivity (Wildman–Crippen MR) is 184 cm³/mol. The second-order valence-electron chi connectivity index (χ2n) is 14.4. The molecule has 1 saturated carbocycles. The number of aromatic amines is 1. The van der Waals surface area contributed by atoms with Gasteiger partial charge in [0.15, 0.2) is 6.29 Å². The topological polar surface area (TPSA) is 185 Å². The lowest BCUT2D eigenvalue weighted by atomic mass is 9.70. The number of nitrogens with one attached hydrogen (secondary N) is 1. The first-order valence-corrected chi connectivity index (χ1v) is 17.5. The Kier molecular flexibility index (Phi) is 9.30. The van der Waals surface area contributed by atoms with Gasteiger partial charge in [-0.3, -0.25) is 9.59 Å². The second-order valence-corrected chi connectivity index (χ2v) is 14.4. The fourth-order valence-corrected chi connectivity index (χ4v) is 7.99. The minimum atomic E-state index is -1.30. The van der Waals surface area contributed by atoms with Crippen molar-refractivity contribution >= 4 is 34.5 Å². The third kappa shape index (κ3) is 5.93. The molecule has 3 aromatic rings. The highest BCUT2D eigenvalue weighted by molar-refractivity contribution is 6.11. The van der Waals surface area contributed by atoms with Gasteiger partial charge in [-0.1, -0.05) is 5.57 Å². The third-order valence-electron chi connectivity index (χ3n) is 10.7. The van der Waals surface area contributed by atoms with E-state index in [9.17, 15) is 34.8 Å². The number of ether oxygens (including phenoxy) is 4. The van der Waals surface area contributed by atoms with Gasteiger partial charge < -0.3 is 44.4 Å². The summed E-state index contributed by atoms with van der Waals surface area (Å²) in [5, 5.41) is 44.0. The highest BCUT2D eigenvalue weighted by Crippen LogP contribution is 2.57. The number of rotatable bonds is 7. The van der Waals surface area contributed by atoms with Gasteiger partial charge in [0.1, 0.15) is 29.1 Å². The number of carbonyl (C=O) groups excluding carboxylic acids is 3. The summed E-state index contributed by atoms with van der Waals surface area (Å²) in [4.78, 5) is 44.2. The summed E-state index contributed by atoms with van der Waals surface area (Å²) >= 11 is 0. The number of fused-ring (bicyclic) bond motifs is 7. The van der Waals surface area contributed by atoms with Gasteiger partial charge in [0.2, 0.25) is 5.76 Å². The van der Waals surface area contributed by atoms with Crippen LogP contribution >= 0.6 is 0 Å². The van der Waals surface area contributed by atoms with E-state index in [4.69, 9.17) is 18.9 Å². The highest BCUT2D eigenvalue weighted by Gasteiger charge is 2.46. The molecule has 51 heavy (non-hydrogen) atoms. The van der Waals surface area contributed by atoms with Crippen LogP contribution < -0.4 is 14.2 Å². The quantitative estimate of drug-likeness (QED) is 0.179. The Morgan fingerprint density at radius 3 is 2.59 bits per heavy atom. The number of aldehydes is 1. The van der Waals surface area contributed by atoms with Crippen molar-refractivity contribution in [2.75, 3.05) is 26.4 Å². The Morgan fingerprint density at radius 1 is 1.10 bits per heavy atom. The predicted octanol–water partition coefficient (Wildman–Crippen LogP) is 3.59. The molecule has 4 atom stereocenters. The number of aliphatic hydroxyl groups excluding tert-OH is 3. The number of H-pyrrole nitrogens is 1. The van der Waals surface area contributed by atoms with Crippen molar-refractivity contribution in [3.63, 3.8) is 0 Å². The summed E-state index contributed by atoms with van der Waals surface area (Å²) in [6.07, 6.45) is 3.08. The Balaban J connectivity index is 1.57. The zero-order valence-corrected chi connectivity index (χ0v) is 28.9. The average molecular weight is 702 g/mol. The first-order valence-electron chi connectivity index (χ1n) is 17.5. The molecule has 0 unspecified atom stereocenters. The summed E-state index contributed by atoms with van der Waals surface area (Å²) in [6, 6.07) is 5.94. The minimum Gasteiger partial charge on any atom is -0.492 e. The molecule has 1 fully saturated rings. The monoisotopic (exact) mass is 701 g/mol. The third-order valence-corrected chi connectivity index (χ3v) is 10.7. The van der Waals surface area contributed by atoms with Crippen molar-refractivity contribution in [2.24, 2.45) is 11.8 Å². The van der Waals surface area contributed by atoms with Gasteiger partial charge >= 0.3 is 5.97 Å². The van der Waals surface area contributed by atoms with E-state index in [-0.39, 0.29) is 84.9 Å². The number of hydrogen-bond acceptors (Lipinski definition) is 11. The number of aliphatic hydroxyl groups is 4. The molecular weight excluding hydrogens is 658 g/mol. The molecule has 1 aliphatic carbocycles. The van der Waals surface area contributed by atoms with E-state index in [1.807, 2.05) is 24.4 Å². The molecule has 12 heteroatoms. The molecular formula is C39H43NO11. The van der Waals surface area contributed by atoms with Gasteiger partial charge in [-0.05, 0) is 81.2 Å². The van der Waals surface area contributed by atoms with E-state index in [2.05, 4.69) is 4.98 Å². The smallest absolute Gasteiger partial charge is 0.375 e. The van der Waals surface area contributed by atoms with Crippen molar-refractivity contribution in [3.05, 3.63) is 69.1 Å². The summed E-state index contributed by atoms with van der Waals surface area (Å²) in [6.45, 7) is 3.67. The zero-order chi connectivity index (χ0) is 36.2. The largest absolute Gasteiger partial charge is 0.492 e. The molecule has 7 rings (SSSR count). The Bertz CT molecular complexity index is 1980. The normalized spacial score (nSPS) is 24.6. The molecule has 12 nitrogen and oxygen atoms in total. The van der Waals surface area contributed by atoms with Crippen molar-refractivity contribution in [1.82, 2.24) is 4.98 Å². The molecule has 2 aromatic carbocycles. The number of aryl methyl sites for hydroxylation is 1. The number of ketones is 1.